The Bertz CT molecular complexity index is 378. The second-order valence-electron chi connectivity index (χ2n) is 4.33. The van der Waals surface area contributed by atoms with E-state index in [9.17, 15) is 0 Å². The fraction of sp³-hybridized carbons (Fsp3) is 0.533. The molecule has 98 valence electrons. The Labute approximate surface area is 110 Å². The second kappa shape index (κ2) is 8.68. The quantitative estimate of drug-likeness (QED) is 0.715. The highest BCUT2D eigenvalue weighted by atomic mass is 15.1. The molecule has 0 fully saturated rings. The number of hydrogen-bond acceptors (Lipinski definition) is 3. The lowest BCUT2D eigenvalue weighted by atomic mass is 10.1. The van der Waals surface area contributed by atoms with E-state index >= 15 is 0 Å². The van der Waals surface area contributed by atoms with Crippen LogP contribution in [-0.2, 0) is 6.54 Å². The molecule has 0 bridgehead atoms. The van der Waals surface area contributed by atoms with E-state index in [4.69, 9.17) is 5.26 Å². The van der Waals surface area contributed by atoms with Crippen molar-refractivity contribution in [3.63, 3.8) is 0 Å². The van der Waals surface area contributed by atoms with Gasteiger partial charge in [0.25, 0.3) is 0 Å². The van der Waals surface area contributed by atoms with E-state index in [0.29, 0.717) is 0 Å². The maximum atomic E-state index is 8.97. The molecule has 0 unspecified atom stereocenters. The molecular weight excluding hydrogens is 222 g/mol. The van der Waals surface area contributed by atoms with Gasteiger partial charge < -0.3 is 10.2 Å². The summed E-state index contributed by atoms with van der Waals surface area (Å²) in [6, 6.07) is 9.99. The largest absolute Gasteiger partial charge is 0.313 e. The molecule has 3 heteroatoms. The van der Waals surface area contributed by atoms with Crippen molar-refractivity contribution in [1.82, 2.24) is 10.2 Å². The third-order valence-electron chi connectivity index (χ3n) is 3.18. The fourth-order valence-electron chi connectivity index (χ4n) is 1.97. The van der Waals surface area contributed by atoms with Crippen LogP contribution in [0.2, 0.25) is 0 Å². The van der Waals surface area contributed by atoms with Crippen molar-refractivity contribution in [3.8, 4) is 6.07 Å². The van der Waals surface area contributed by atoms with Crippen LogP contribution < -0.4 is 5.32 Å². The molecule has 0 aliphatic rings. The van der Waals surface area contributed by atoms with Crippen molar-refractivity contribution in [3.05, 3.63) is 35.4 Å². The van der Waals surface area contributed by atoms with Gasteiger partial charge in [-0.1, -0.05) is 32.0 Å². The molecule has 0 spiro atoms. The summed E-state index contributed by atoms with van der Waals surface area (Å²) in [5.41, 5.74) is 1.86. The molecule has 0 heterocycles. The van der Waals surface area contributed by atoms with E-state index < -0.39 is 0 Å². The van der Waals surface area contributed by atoms with Crippen LogP contribution in [0.1, 0.15) is 31.4 Å². The first-order valence-corrected chi connectivity index (χ1v) is 6.72. The number of nitrogens with one attached hydrogen (secondary N) is 1. The zero-order chi connectivity index (χ0) is 13.2. The van der Waals surface area contributed by atoms with E-state index in [1.807, 2.05) is 24.3 Å². The van der Waals surface area contributed by atoms with Crippen molar-refractivity contribution < 1.29 is 0 Å². The Morgan fingerprint density at radius 2 is 1.94 bits per heavy atom. The van der Waals surface area contributed by atoms with Gasteiger partial charge in [-0.05, 0) is 44.2 Å². The number of nitriles is 1. The summed E-state index contributed by atoms with van der Waals surface area (Å²) >= 11 is 0. The lowest BCUT2D eigenvalue weighted by molar-refractivity contribution is 0.298. The summed E-state index contributed by atoms with van der Waals surface area (Å²) < 4.78 is 0. The van der Waals surface area contributed by atoms with Crippen LogP contribution in [0, 0.1) is 11.3 Å². The molecule has 0 saturated carbocycles. The molecule has 1 N–H and O–H groups in total. The van der Waals surface area contributed by atoms with Crippen molar-refractivity contribution in [1.29, 1.82) is 5.26 Å². The fourth-order valence-corrected chi connectivity index (χ4v) is 1.97. The third kappa shape index (κ3) is 4.87. The molecule has 3 nitrogen and oxygen atoms in total. The maximum Gasteiger partial charge on any atom is 0.0995 e. The first-order valence-electron chi connectivity index (χ1n) is 6.72. The van der Waals surface area contributed by atoms with Crippen LogP contribution in [0.15, 0.2) is 24.3 Å². The molecule has 0 saturated heterocycles. The topological polar surface area (TPSA) is 39.1 Å². The molecule has 0 aliphatic heterocycles. The van der Waals surface area contributed by atoms with Crippen molar-refractivity contribution in [2.45, 2.75) is 26.8 Å². The second-order valence-corrected chi connectivity index (χ2v) is 4.33. The average molecular weight is 245 g/mol. The van der Waals surface area contributed by atoms with Gasteiger partial charge in [0.2, 0.25) is 0 Å². The zero-order valence-electron chi connectivity index (χ0n) is 11.4. The molecule has 18 heavy (non-hydrogen) atoms. The van der Waals surface area contributed by atoms with E-state index in [2.05, 4.69) is 30.1 Å². The molecular formula is C15H23N3. The Kier molecular flexibility index (Phi) is 7.09. The summed E-state index contributed by atoms with van der Waals surface area (Å²) in [7, 11) is 0. The van der Waals surface area contributed by atoms with Crippen molar-refractivity contribution in [2.75, 3.05) is 26.2 Å². The smallest absolute Gasteiger partial charge is 0.0995 e. The summed E-state index contributed by atoms with van der Waals surface area (Å²) in [6.45, 7) is 9.54. The molecule has 1 aromatic carbocycles. The monoisotopic (exact) mass is 245 g/mol. The van der Waals surface area contributed by atoms with Gasteiger partial charge in [0.1, 0.15) is 0 Å². The van der Waals surface area contributed by atoms with Gasteiger partial charge in [0.05, 0.1) is 11.6 Å². The number of benzene rings is 1. The van der Waals surface area contributed by atoms with Gasteiger partial charge in [0.15, 0.2) is 0 Å². The Morgan fingerprint density at radius 1 is 1.22 bits per heavy atom. The summed E-state index contributed by atoms with van der Waals surface area (Å²) in [4.78, 5) is 2.42. The van der Waals surface area contributed by atoms with E-state index in [-0.39, 0.29) is 0 Å². The van der Waals surface area contributed by atoms with Gasteiger partial charge in [-0.15, -0.1) is 0 Å². The highest BCUT2D eigenvalue weighted by Gasteiger charge is 2.00. The van der Waals surface area contributed by atoms with Gasteiger partial charge >= 0.3 is 0 Å². The minimum absolute atomic E-state index is 0.772. The first kappa shape index (κ1) is 14.7. The van der Waals surface area contributed by atoms with Crippen LogP contribution in [0.25, 0.3) is 0 Å². The van der Waals surface area contributed by atoms with Gasteiger partial charge in [-0.3, -0.25) is 0 Å². The Balaban J connectivity index is 2.24. The van der Waals surface area contributed by atoms with Crippen LogP contribution in [-0.4, -0.2) is 31.1 Å². The lowest BCUT2D eigenvalue weighted by Gasteiger charge is -2.17. The van der Waals surface area contributed by atoms with E-state index in [1.165, 1.54) is 0 Å². The molecule has 0 aromatic heterocycles. The minimum atomic E-state index is 0.772. The number of hydrogen-bond donors (Lipinski definition) is 1. The SMILES string of the molecule is CCN(CC)CCCNCc1ccccc1C#N. The molecule has 1 aromatic rings. The van der Waals surface area contributed by atoms with Crippen LogP contribution in [0.4, 0.5) is 0 Å². The summed E-state index contributed by atoms with van der Waals surface area (Å²) in [5.74, 6) is 0. The predicted molar refractivity (Wildman–Crippen MR) is 75.3 cm³/mol. The Hall–Kier alpha value is -1.37. The van der Waals surface area contributed by atoms with E-state index in [1.54, 1.807) is 0 Å². The highest BCUT2D eigenvalue weighted by Crippen LogP contribution is 2.06. The van der Waals surface area contributed by atoms with Gasteiger partial charge in [-0.2, -0.15) is 5.26 Å². The molecule has 0 radical (unpaired) electrons. The predicted octanol–water partition coefficient (Wildman–Crippen LogP) is 2.38. The van der Waals surface area contributed by atoms with Crippen LogP contribution >= 0.6 is 0 Å². The van der Waals surface area contributed by atoms with Gasteiger partial charge in [-0.25, -0.2) is 0 Å². The molecule has 0 atom stereocenters. The molecule has 0 amide bonds. The van der Waals surface area contributed by atoms with E-state index in [0.717, 1.165) is 50.3 Å². The summed E-state index contributed by atoms with van der Waals surface area (Å²) in [6.07, 6.45) is 1.15. The van der Waals surface area contributed by atoms with Crippen molar-refractivity contribution >= 4 is 0 Å². The summed E-state index contributed by atoms with van der Waals surface area (Å²) in [5, 5.41) is 12.4. The first-order chi connectivity index (χ1) is 8.81. The normalized spacial score (nSPS) is 10.6. The lowest BCUT2D eigenvalue weighted by Crippen LogP contribution is -2.27. The van der Waals surface area contributed by atoms with Crippen molar-refractivity contribution in [2.24, 2.45) is 0 Å². The van der Waals surface area contributed by atoms with Gasteiger partial charge in [0, 0.05) is 6.54 Å². The third-order valence-corrected chi connectivity index (χ3v) is 3.18. The highest BCUT2D eigenvalue weighted by molar-refractivity contribution is 5.37. The average Bonchev–Trinajstić information content (AvgIpc) is 2.43. The molecule has 1 rings (SSSR count). The van der Waals surface area contributed by atoms with Crippen LogP contribution in [0.5, 0.6) is 0 Å². The standard InChI is InChI=1S/C15H23N3/c1-3-18(4-2)11-7-10-17-13-15-9-6-5-8-14(15)12-16/h5-6,8-9,17H,3-4,7,10-11,13H2,1-2H3. The maximum absolute atomic E-state index is 8.97. The van der Waals surface area contributed by atoms with Crippen LogP contribution in [0.3, 0.4) is 0 Å². The Morgan fingerprint density at radius 3 is 2.61 bits per heavy atom. The number of rotatable bonds is 8. The minimum Gasteiger partial charge on any atom is -0.313 e. The zero-order valence-corrected chi connectivity index (χ0v) is 11.4. The number of nitrogens with zero attached hydrogens (tertiary/aromatic N) is 2. The molecule has 0 aliphatic carbocycles.